The first kappa shape index (κ1) is 14.4. The third-order valence-electron chi connectivity index (χ3n) is 3.35. The molecule has 0 aliphatic carbocycles. The van der Waals surface area contributed by atoms with Gasteiger partial charge in [-0.2, -0.15) is 0 Å². The first-order valence-electron chi connectivity index (χ1n) is 6.62. The highest BCUT2D eigenvalue weighted by molar-refractivity contribution is 9.10. The van der Waals surface area contributed by atoms with E-state index in [0.29, 0.717) is 6.04 Å². The molecule has 102 valence electrons. The van der Waals surface area contributed by atoms with Gasteiger partial charge in [-0.05, 0) is 30.5 Å². The summed E-state index contributed by atoms with van der Waals surface area (Å²) in [5.74, 6) is 0. The van der Waals surface area contributed by atoms with Crippen LogP contribution in [0.15, 0.2) is 34.9 Å². The Balaban J connectivity index is 2.19. The number of hydrogen-bond donors (Lipinski definition) is 2. The molecule has 1 unspecified atom stereocenters. The predicted molar refractivity (Wildman–Crippen MR) is 82.1 cm³/mol. The number of fused-ring (bicyclic) bond motifs is 1. The van der Waals surface area contributed by atoms with Gasteiger partial charge in [-0.25, -0.2) is 0 Å². The van der Waals surface area contributed by atoms with Gasteiger partial charge in [-0.15, -0.1) is 0 Å². The number of nitrogens with zero attached hydrogens (tertiary/aromatic N) is 1. The van der Waals surface area contributed by atoms with Gasteiger partial charge in [0.15, 0.2) is 0 Å². The maximum absolute atomic E-state index is 9.01. The molecule has 0 bridgehead atoms. The Kier molecular flexibility index (Phi) is 5.31. The van der Waals surface area contributed by atoms with E-state index < -0.39 is 0 Å². The van der Waals surface area contributed by atoms with E-state index in [2.05, 4.69) is 51.4 Å². The fourth-order valence-corrected chi connectivity index (χ4v) is 2.65. The number of rotatable bonds is 6. The zero-order valence-electron chi connectivity index (χ0n) is 11.1. The van der Waals surface area contributed by atoms with Gasteiger partial charge in [0.05, 0.1) is 5.52 Å². The molecular weight excluding hydrogens is 304 g/mol. The van der Waals surface area contributed by atoms with Gasteiger partial charge in [0.25, 0.3) is 0 Å². The Morgan fingerprint density at radius 2 is 2.21 bits per heavy atom. The lowest BCUT2D eigenvalue weighted by Crippen LogP contribution is -2.28. The third kappa shape index (κ3) is 3.53. The van der Waals surface area contributed by atoms with Crippen LogP contribution in [-0.2, 0) is 6.54 Å². The van der Waals surface area contributed by atoms with Crippen LogP contribution in [0.2, 0.25) is 0 Å². The molecule has 2 rings (SSSR count). The third-order valence-corrected chi connectivity index (χ3v) is 4.04. The second-order valence-corrected chi connectivity index (χ2v) is 5.46. The van der Waals surface area contributed by atoms with Crippen LogP contribution in [-0.4, -0.2) is 22.7 Å². The fraction of sp³-hybridized carbons (Fsp3) is 0.400. The molecule has 1 atom stereocenters. The van der Waals surface area contributed by atoms with Crippen molar-refractivity contribution in [3.05, 3.63) is 40.5 Å². The molecule has 0 spiro atoms. The fourth-order valence-electron chi connectivity index (χ4n) is 2.20. The van der Waals surface area contributed by atoms with Crippen molar-refractivity contribution in [3.63, 3.8) is 0 Å². The number of aliphatic hydroxyl groups is 1. The number of aliphatic hydroxyl groups excluding tert-OH is 1. The van der Waals surface area contributed by atoms with Crippen LogP contribution in [0.5, 0.6) is 0 Å². The molecule has 2 aromatic rings. The maximum atomic E-state index is 9.01. The van der Waals surface area contributed by atoms with E-state index in [1.54, 1.807) is 0 Å². The molecule has 0 radical (unpaired) electrons. The van der Waals surface area contributed by atoms with Gasteiger partial charge >= 0.3 is 0 Å². The topological polar surface area (TPSA) is 45.1 Å². The molecule has 1 heterocycles. The summed E-state index contributed by atoms with van der Waals surface area (Å²) >= 11 is 3.56. The monoisotopic (exact) mass is 322 g/mol. The quantitative estimate of drug-likeness (QED) is 0.858. The molecule has 4 heteroatoms. The van der Waals surface area contributed by atoms with Crippen molar-refractivity contribution in [3.8, 4) is 0 Å². The van der Waals surface area contributed by atoms with Crippen LogP contribution in [0.1, 0.15) is 25.3 Å². The standard InChI is InChI=1S/C15H19BrN2O/c1-2-12(7-9-19)18-10-11-5-6-14(16)13-4-3-8-17-15(11)13/h3-6,8,12,18-19H,2,7,9-10H2,1H3. The van der Waals surface area contributed by atoms with Crippen LogP contribution in [0.3, 0.4) is 0 Å². The van der Waals surface area contributed by atoms with E-state index in [4.69, 9.17) is 5.11 Å². The molecule has 0 amide bonds. The van der Waals surface area contributed by atoms with E-state index in [1.165, 1.54) is 5.56 Å². The Bertz CT molecular complexity index is 545. The van der Waals surface area contributed by atoms with Gasteiger partial charge in [0, 0.05) is 35.2 Å². The van der Waals surface area contributed by atoms with E-state index in [9.17, 15) is 0 Å². The van der Waals surface area contributed by atoms with Gasteiger partial charge < -0.3 is 10.4 Å². The highest BCUT2D eigenvalue weighted by atomic mass is 79.9. The van der Waals surface area contributed by atoms with Crippen LogP contribution in [0, 0.1) is 0 Å². The van der Waals surface area contributed by atoms with E-state index in [0.717, 1.165) is 34.8 Å². The van der Waals surface area contributed by atoms with Crippen molar-refractivity contribution < 1.29 is 5.11 Å². The van der Waals surface area contributed by atoms with Crippen molar-refractivity contribution in [1.29, 1.82) is 0 Å². The number of hydrogen-bond acceptors (Lipinski definition) is 3. The van der Waals surface area contributed by atoms with Crippen LogP contribution >= 0.6 is 15.9 Å². The van der Waals surface area contributed by atoms with Crippen LogP contribution in [0.4, 0.5) is 0 Å². The minimum atomic E-state index is 0.227. The second kappa shape index (κ2) is 6.98. The summed E-state index contributed by atoms with van der Waals surface area (Å²) in [6.07, 6.45) is 3.63. The summed E-state index contributed by atoms with van der Waals surface area (Å²) in [6, 6.07) is 8.53. The highest BCUT2D eigenvalue weighted by Gasteiger charge is 2.08. The molecule has 0 saturated heterocycles. The van der Waals surface area contributed by atoms with Crippen LogP contribution < -0.4 is 5.32 Å². The minimum Gasteiger partial charge on any atom is -0.396 e. The van der Waals surface area contributed by atoms with Gasteiger partial charge in [-0.3, -0.25) is 4.98 Å². The summed E-state index contributed by atoms with van der Waals surface area (Å²) in [5.41, 5.74) is 2.22. The Morgan fingerprint density at radius 3 is 2.95 bits per heavy atom. The SMILES string of the molecule is CCC(CCO)NCc1ccc(Br)c2cccnc12. The first-order chi connectivity index (χ1) is 9.26. The number of benzene rings is 1. The van der Waals surface area contributed by atoms with Crippen molar-refractivity contribution in [2.24, 2.45) is 0 Å². The molecule has 1 aromatic carbocycles. The van der Waals surface area contributed by atoms with Gasteiger partial charge in [-0.1, -0.05) is 35.0 Å². The van der Waals surface area contributed by atoms with Crippen LogP contribution in [0.25, 0.3) is 10.9 Å². The lowest BCUT2D eigenvalue weighted by molar-refractivity contribution is 0.262. The molecule has 0 aliphatic rings. The number of nitrogens with one attached hydrogen (secondary N) is 1. The summed E-state index contributed by atoms with van der Waals surface area (Å²) in [4.78, 5) is 4.47. The van der Waals surface area contributed by atoms with Crippen molar-refractivity contribution in [2.45, 2.75) is 32.4 Å². The predicted octanol–water partition coefficient (Wildman–Crippen LogP) is 3.25. The zero-order valence-corrected chi connectivity index (χ0v) is 12.7. The van der Waals surface area contributed by atoms with Crippen molar-refractivity contribution in [1.82, 2.24) is 10.3 Å². The summed E-state index contributed by atoms with van der Waals surface area (Å²) < 4.78 is 1.07. The average Bonchev–Trinajstić information content (AvgIpc) is 2.45. The summed E-state index contributed by atoms with van der Waals surface area (Å²) in [5, 5.41) is 13.6. The first-order valence-corrected chi connectivity index (χ1v) is 7.42. The van der Waals surface area contributed by atoms with E-state index in [1.807, 2.05) is 12.3 Å². The normalized spacial score (nSPS) is 12.8. The molecule has 2 N–H and O–H groups in total. The molecule has 3 nitrogen and oxygen atoms in total. The average molecular weight is 323 g/mol. The van der Waals surface area contributed by atoms with E-state index >= 15 is 0 Å². The van der Waals surface area contributed by atoms with Gasteiger partial charge in [0.1, 0.15) is 0 Å². The second-order valence-electron chi connectivity index (χ2n) is 4.60. The molecule has 0 fully saturated rings. The van der Waals surface area contributed by atoms with Crippen molar-refractivity contribution >= 4 is 26.8 Å². The molecule has 0 aliphatic heterocycles. The molecule has 1 aromatic heterocycles. The largest absolute Gasteiger partial charge is 0.396 e. The maximum Gasteiger partial charge on any atom is 0.0758 e. The number of pyridine rings is 1. The van der Waals surface area contributed by atoms with Gasteiger partial charge in [0.2, 0.25) is 0 Å². The number of aromatic nitrogens is 1. The lowest BCUT2D eigenvalue weighted by Gasteiger charge is -2.16. The smallest absolute Gasteiger partial charge is 0.0758 e. The Hall–Kier alpha value is -0.970. The Labute approximate surface area is 122 Å². The zero-order chi connectivity index (χ0) is 13.7. The minimum absolute atomic E-state index is 0.227. The summed E-state index contributed by atoms with van der Waals surface area (Å²) in [7, 11) is 0. The highest BCUT2D eigenvalue weighted by Crippen LogP contribution is 2.25. The molecule has 0 saturated carbocycles. The molecular formula is C15H19BrN2O. The summed E-state index contributed by atoms with van der Waals surface area (Å²) in [6.45, 7) is 3.13. The number of halogens is 1. The Morgan fingerprint density at radius 1 is 1.37 bits per heavy atom. The van der Waals surface area contributed by atoms with E-state index in [-0.39, 0.29) is 6.61 Å². The molecule has 19 heavy (non-hydrogen) atoms. The lowest BCUT2D eigenvalue weighted by atomic mass is 10.1. The van der Waals surface area contributed by atoms with Crippen molar-refractivity contribution in [2.75, 3.05) is 6.61 Å².